The lowest BCUT2D eigenvalue weighted by atomic mass is 10.3. The maximum Gasteiger partial charge on any atom is 0.270 e. The summed E-state index contributed by atoms with van der Waals surface area (Å²) < 4.78 is 5.69. The average molecular weight is 311 g/mol. The van der Waals surface area contributed by atoms with Gasteiger partial charge in [0, 0.05) is 12.1 Å². The van der Waals surface area contributed by atoms with Crippen LogP contribution in [0, 0.1) is 10.1 Å². The fraction of sp³-hybridized carbons (Fsp3) is 0.143. The predicted molar refractivity (Wildman–Crippen MR) is 55.2 cm³/mol. The molecule has 1 aromatic carbocycles. The van der Waals surface area contributed by atoms with E-state index in [0.29, 0.717) is 15.7 Å². The van der Waals surface area contributed by atoms with Crippen LogP contribution in [-0.2, 0) is 0 Å². The maximum atomic E-state index is 10.4. The highest BCUT2D eigenvalue weighted by Gasteiger charge is 2.08. The molecular weight excluding hydrogens is 306 g/mol. The Morgan fingerprint density at radius 2 is 2.23 bits per heavy atom. The van der Waals surface area contributed by atoms with Crippen LogP contribution in [-0.4, -0.2) is 10.4 Å². The minimum Gasteiger partial charge on any atom is -0.481 e. The number of hydrogen-bond donors (Lipinski definition) is 0. The second kappa shape index (κ2) is 4.57. The summed E-state index contributed by atoms with van der Waals surface area (Å²) in [7, 11) is 0. The van der Waals surface area contributed by atoms with Gasteiger partial charge in [0.05, 0.1) is 9.40 Å². The van der Waals surface area contributed by atoms with Gasteiger partial charge in [-0.15, -0.1) is 0 Å². The molecule has 0 aliphatic heterocycles. The molecule has 0 heterocycles. The molecule has 0 unspecified atom stereocenters. The van der Waals surface area contributed by atoms with Crippen molar-refractivity contribution in [2.75, 3.05) is 5.52 Å². The first-order chi connectivity index (χ1) is 6.15. The SMILES string of the molecule is O=[N+]([O-])c1ccc(OCBr)c(Br)c1. The number of hydrogen-bond acceptors (Lipinski definition) is 3. The lowest BCUT2D eigenvalue weighted by Crippen LogP contribution is -1.92. The zero-order chi connectivity index (χ0) is 9.84. The number of nitro groups is 1. The van der Waals surface area contributed by atoms with Crippen molar-refractivity contribution >= 4 is 37.5 Å². The lowest BCUT2D eigenvalue weighted by Gasteiger charge is -2.03. The number of nitrogens with zero attached hydrogens (tertiary/aromatic N) is 1. The molecule has 1 aromatic rings. The fourth-order valence-electron chi connectivity index (χ4n) is 0.779. The highest BCUT2D eigenvalue weighted by Crippen LogP contribution is 2.29. The Morgan fingerprint density at radius 1 is 1.54 bits per heavy atom. The zero-order valence-electron chi connectivity index (χ0n) is 6.37. The van der Waals surface area contributed by atoms with Gasteiger partial charge >= 0.3 is 0 Å². The van der Waals surface area contributed by atoms with E-state index in [1.807, 2.05) is 0 Å². The molecule has 0 fully saturated rings. The van der Waals surface area contributed by atoms with Gasteiger partial charge < -0.3 is 4.74 Å². The number of non-ortho nitro benzene ring substituents is 1. The predicted octanol–water partition coefficient (Wildman–Crippen LogP) is 3.09. The van der Waals surface area contributed by atoms with Gasteiger partial charge in [0.2, 0.25) is 0 Å². The molecule has 6 heteroatoms. The van der Waals surface area contributed by atoms with Crippen molar-refractivity contribution in [3.05, 3.63) is 32.8 Å². The molecule has 0 N–H and O–H groups in total. The summed E-state index contributed by atoms with van der Waals surface area (Å²) in [5.41, 5.74) is 0.387. The largest absolute Gasteiger partial charge is 0.481 e. The second-order valence-electron chi connectivity index (χ2n) is 2.13. The van der Waals surface area contributed by atoms with Gasteiger partial charge in [-0.05, 0) is 37.9 Å². The van der Waals surface area contributed by atoms with Crippen molar-refractivity contribution < 1.29 is 9.66 Å². The Bertz CT molecular complexity index is 330. The third kappa shape index (κ3) is 2.67. The van der Waals surface area contributed by atoms with Crippen molar-refractivity contribution in [2.45, 2.75) is 0 Å². The lowest BCUT2D eigenvalue weighted by molar-refractivity contribution is -0.384. The van der Waals surface area contributed by atoms with E-state index in [2.05, 4.69) is 31.9 Å². The van der Waals surface area contributed by atoms with Crippen LogP contribution in [0.25, 0.3) is 0 Å². The molecule has 70 valence electrons. The minimum absolute atomic E-state index is 0.0359. The van der Waals surface area contributed by atoms with Crippen LogP contribution in [0.1, 0.15) is 0 Å². The minimum atomic E-state index is -0.456. The van der Waals surface area contributed by atoms with Crippen molar-refractivity contribution in [2.24, 2.45) is 0 Å². The maximum absolute atomic E-state index is 10.4. The summed E-state index contributed by atoms with van der Waals surface area (Å²) >= 11 is 6.26. The number of alkyl halides is 1. The van der Waals surface area contributed by atoms with Gasteiger partial charge in [0.15, 0.2) is 0 Å². The first-order valence-corrected chi connectivity index (χ1v) is 5.19. The van der Waals surface area contributed by atoms with Crippen LogP contribution in [0.4, 0.5) is 5.69 Å². The van der Waals surface area contributed by atoms with E-state index in [-0.39, 0.29) is 5.69 Å². The summed E-state index contributed by atoms with van der Waals surface area (Å²) in [5, 5.41) is 10.4. The van der Waals surface area contributed by atoms with E-state index in [0.717, 1.165) is 0 Å². The van der Waals surface area contributed by atoms with Gasteiger partial charge in [-0.3, -0.25) is 10.1 Å². The Morgan fingerprint density at radius 3 is 2.69 bits per heavy atom. The Hall–Kier alpha value is -0.620. The van der Waals surface area contributed by atoms with Gasteiger partial charge in [-0.2, -0.15) is 0 Å². The van der Waals surface area contributed by atoms with Crippen LogP contribution in [0.3, 0.4) is 0 Å². The number of benzene rings is 1. The number of halogens is 2. The summed E-state index contributed by atoms with van der Waals surface area (Å²) in [4.78, 5) is 9.90. The monoisotopic (exact) mass is 309 g/mol. The Kier molecular flexibility index (Phi) is 3.68. The summed E-state index contributed by atoms with van der Waals surface area (Å²) in [6.07, 6.45) is 0. The van der Waals surface area contributed by atoms with E-state index in [9.17, 15) is 10.1 Å². The van der Waals surface area contributed by atoms with E-state index in [4.69, 9.17) is 4.74 Å². The molecule has 0 aromatic heterocycles. The van der Waals surface area contributed by atoms with Crippen molar-refractivity contribution in [1.82, 2.24) is 0 Å². The zero-order valence-corrected chi connectivity index (χ0v) is 9.54. The first-order valence-electron chi connectivity index (χ1n) is 3.28. The first kappa shape index (κ1) is 10.5. The standard InChI is InChI=1S/C7H5Br2NO3/c8-4-13-7-2-1-5(10(11)12)3-6(7)9/h1-3H,4H2. The molecule has 0 spiro atoms. The Balaban J connectivity index is 2.98. The summed E-state index contributed by atoms with van der Waals surface area (Å²) in [5.74, 6) is 0.572. The number of ether oxygens (including phenoxy) is 1. The Labute approximate surface area is 91.3 Å². The van der Waals surface area contributed by atoms with E-state index in [1.54, 1.807) is 6.07 Å². The van der Waals surface area contributed by atoms with Crippen molar-refractivity contribution in [1.29, 1.82) is 0 Å². The fourth-order valence-corrected chi connectivity index (χ4v) is 1.51. The summed E-state index contributed by atoms with van der Waals surface area (Å²) in [6.45, 7) is 0. The molecule has 0 saturated carbocycles. The van der Waals surface area contributed by atoms with Crippen LogP contribution in [0.2, 0.25) is 0 Å². The molecule has 0 saturated heterocycles. The smallest absolute Gasteiger partial charge is 0.270 e. The van der Waals surface area contributed by atoms with Crippen molar-refractivity contribution in [3.63, 3.8) is 0 Å². The van der Waals surface area contributed by atoms with Gasteiger partial charge in [0.25, 0.3) is 5.69 Å². The van der Waals surface area contributed by atoms with Crippen LogP contribution >= 0.6 is 31.9 Å². The second-order valence-corrected chi connectivity index (χ2v) is 3.44. The number of nitro benzene ring substituents is 1. The molecular formula is C7H5Br2NO3. The average Bonchev–Trinajstić information content (AvgIpc) is 2.08. The highest BCUT2D eigenvalue weighted by molar-refractivity contribution is 9.10. The van der Waals surface area contributed by atoms with Crippen molar-refractivity contribution in [3.8, 4) is 5.75 Å². The van der Waals surface area contributed by atoms with E-state index < -0.39 is 4.92 Å². The number of rotatable bonds is 3. The van der Waals surface area contributed by atoms with Crippen LogP contribution in [0.5, 0.6) is 5.75 Å². The molecule has 0 amide bonds. The molecule has 1 rings (SSSR count). The molecule has 0 aliphatic rings. The third-order valence-corrected chi connectivity index (χ3v) is 2.18. The normalized spacial score (nSPS) is 9.69. The van der Waals surface area contributed by atoms with Gasteiger partial charge in [-0.25, -0.2) is 0 Å². The van der Waals surface area contributed by atoms with Gasteiger partial charge in [0.1, 0.15) is 11.3 Å². The highest BCUT2D eigenvalue weighted by atomic mass is 79.9. The van der Waals surface area contributed by atoms with E-state index >= 15 is 0 Å². The molecule has 0 aliphatic carbocycles. The molecule has 13 heavy (non-hydrogen) atoms. The van der Waals surface area contributed by atoms with Gasteiger partial charge in [-0.1, -0.05) is 0 Å². The van der Waals surface area contributed by atoms with E-state index in [1.165, 1.54) is 12.1 Å². The topological polar surface area (TPSA) is 52.4 Å². The molecule has 4 nitrogen and oxygen atoms in total. The molecule has 0 bridgehead atoms. The third-order valence-electron chi connectivity index (χ3n) is 1.34. The summed E-state index contributed by atoms with van der Waals surface area (Å²) in [6, 6.07) is 4.34. The van der Waals surface area contributed by atoms with Crippen LogP contribution in [0.15, 0.2) is 22.7 Å². The molecule has 0 radical (unpaired) electrons. The van der Waals surface area contributed by atoms with Crippen LogP contribution < -0.4 is 4.74 Å². The molecule has 0 atom stereocenters. The quantitative estimate of drug-likeness (QED) is 0.490.